The highest BCUT2D eigenvalue weighted by Crippen LogP contribution is 2.22. The predicted molar refractivity (Wildman–Crippen MR) is 87.7 cm³/mol. The standard InChI is InChI=1S/C18H23N3O2/c22-17-7-4-10-21(16(17)13-15-5-2-1-3-6-15)18(23)8-11-20-12-9-19-14-20/h1-3,5-6,9,12,14,16-17,22H,4,7-8,10-11,13H2/t16-,17-/m0/s1. The maximum absolute atomic E-state index is 12.6. The third-order valence-electron chi connectivity index (χ3n) is 4.49. The second kappa shape index (κ2) is 7.42. The van der Waals surface area contributed by atoms with Crippen LogP contribution in [0.4, 0.5) is 0 Å². The lowest BCUT2D eigenvalue weighted by atomic mass is 9.92. The van der Waals surface area contributed by atoms with Gasteiger partial charge in [-0.2, -0.15) is 0 Å². The fourth-order valence-corrected chi connectivity index (χ4v) is 3.24. The second-order valence-corrected chi connectivity index (χ2v) is 6.10. The van der Waals surface area contributed by atoms with Crippen LogP contribution < -0.4 is 0 Å². The van der Waals surface area contributed by atoms with Crippen molar-refractivity contribution in [2.45, 2.75) is 44.4 Å². The monoisotopic (exact) mass is 313 g/mol. The van der Waals surface area contributed by atoms with Crippen LogP contribution in [0.25, 0.3) is 0 Å². The lowest BCUT2D eigenvalue weighted by Gasteiger charge is -2.39. The van der Waals surface area contributed by atoms with Gasteiger partial charge in [-0.25, -0.2) is 4.98 Å². The van der Waals surface area contributed by atoms with Gasteiger partial charge in [-0.3, -0.25) is 4.79 Å². The molecule has 1 aromatic heterocycles. The van der Waals surface area contributed by atoms with Crippen LogP contribution in [0.5, 0.6) is 0 Å². The maximum atomic E-state index is 12.6. The molecule has 122 valence electrons. The van der Waals surface area contributed by atoms with Gasteiger partial charge >= 0.3 is 0 Å². The third-order valence-corrected chi connectivity index (χ3v) is 4.49. The summed E-state index contributed by atoms with van der Waals surface area (Å²) in [6.45, 7) is 1.36. The molecular formula is C18H23N3O2. The molecule has 2 aromatic rings. The van der Waals surface area contributed by atoms with Gasteiger partial charge in [0.1, 0.15) is 0 Å². The van der Waals surface area contributed by atoms with E-state index in [2.05, 4.69) is 17.1 Å². The van der Waals surface area contributed by atoms with Gasteiger partial charge in [-0.05, 0) is 24.8 Å². The third kappa shape index (κ3) is 3.99. The zero-order chi connectivity index (χ0) is 16.1. The van der Waals surface area contributed by atoms with Gasteiger partial charge in [0.15, 0.2) is 0 Å². The zero-order valence-electron chi connectivity index (χ0n) is 13.2. The van der Waals surface area contributed by atoms with Gasteiger partial charge in [-0.1, -0.05) is 30.3 Å². The Morgan fingerprint density at radius 3 is 2.87 bits per heavy atom. The van der Waals surface area contributed by atoms with Crippen LogP contribution in [0.1, 0.15) is 24.8 Å². The highest BCUT2D eigenvalue weighted by atomic mass is 16.3. The summed E-state index contributed by atoms with van der Waals surface area (Å²) in [6, 6.07) is 9.95. The molecule has 5 heteroatoms. The number of hydrogen-bond acceptors (Lipinski definition) is 3. The van der Waals surface area contributed by atoms with Gasteiger partial charge in [0.25, 0.3) is 0 Å². The molecule has 3 rings (SSSR count). The molecule has 0 spiro atoms. The van der Waals surface area contributed by atoms with Gasteiger partial charge in [0.05, 0.1) is 18.5 Å². The molecule has 0 bridgehead atoms. The number of benzene rings is 1. The first kappa shape index (κ1) is 15.7. The number of aromatic nitrogens is 2. The van der Waals surface area contributed by atoms with Crippen molar-refractivity contribution in [1.82, 2.24) is 14.5 Å². The predicted octanol–water partition coefficient (Wildman–Crippen LogP) is 1.87. The summed E-state index contributed by atoms with van der Waals surface area (Å²) >= 11 is 0. The Bertz CT molecular complexity index is 612. The number of piperidine rings is 1. The summed E-state index contributed by atoms with van der Waals surface area (Å²) < 4.78 is 1.91. The summed E-state index contributed by atoms with van der Waals surface area (Å²) in [5.41, 5.74) is 1.16. The zero-order valence-corrected chi connectivity index (χ0v) is 13.2. The maximum Gasteiger partial charge on any atom is 0.224 e. The number of carbonyl (C=O) groups is 1. The molecule has 2 heterocycles. The van der Waals surface area contributed by atoms with Gasteiger partial charge in [0, 0.05) is 31.9 Å². The Morgan fingerprint density at radius 2 is 2.13 bits per heavy atom. The van der Waals surface area contributed by atoms with Gasteiger partial charge in [0.2, 0.25) is 5.91 Å². The molecule has 1 N–H and O–H groups in total. The van der Waals surface area contributed by atoms with E-state index < -0.39 is 6.10 Å². The molecule has 0 radical (unpaired) electrons. The molecule has 1 fully saturated rings. The number of hydrogen-bond donors (Lipinski definition) is 1. The van der Waals surface area contributed by atoms with Crippen molar-refractivity contribution in [1.29, 1.82) is 0 Å². The lowest BCUT2D eigenvalue weighted by molar-refractivity contribution is -0.139. The first-order valence-corrected chi connectivity index (χ1v) is 8.21. The van der Waals surface area contributed by atoms with Crippen molar-refractivity contribution in [3.8, 4) is 0 Å². The highest BCUT2D eigenvalue weighted by molar-refractivity contribution is 5.76. The van der Waals surface area contributed by atoms with E-state index >= 15 is 0 Å². The van der Waals surface area contributed by atoms with Crippen LogP contribution in [0.3, 0.4) is 0 Å². The van der Waals surface area contributed by atoms with Gasteiger partial charge < -0.3 is 14.6 Å². The topological polar surface area (TPSA) is 58.4 Å². The van der Waals surface area contributed by atoms with E-state index in [9.17, 15) is 9.90 Å². The average Bonchev–Trinajstić information content (AvgIpc) is 3.09. The van der Waals surface area contributed by atoms with Crippen molar-refractivity contribution in [3.63, 3.8) is 0 Å². The van der Waals surface area contributed by atoms with Crippen molar-refractivity contribution in [2.75, 3.05) is 6.54 Å². The number of rotatable bonds is 5. The molecule has 1 aromatic carbocycles. The summed E-state index contributed by atoms with van der Waals surface area (Å²) in [6.07, 6.45) is 7.63. The normalized spacial score (nSPS) is 21.3. The second-order valence-electron chi connectivity index (χ2n) is 6.10. The number of aliphatic hydroxyl groups excluding tert-OH is 1. The molecule has 0 saturated carbocycles. The first-order valence-electron chi connectivity index (χ1n) is 8.21. The van der Waals surface area contributed by atoms with Crippen LogP contribution in [0.2, 0.25) is 0 Å². The summed E-state index contributed by atoms with van der Waals surface area (Å²) in [4.78, 5) is 18.5. The van der Waals surface area contributed by atoms with E-state index in [1.54, 1.807) is 12.5 Å². The minimum absolute atomic E-state index is 0.110. The smallest absolute Gasteiger partial charge is 0.224 e. The summed E-state index contributed by atoms with van der Waals surface area (Å²) in [5.74, 6) is 0.110. The molecule has 0 aliphatic carbocycles. The SMILES string of the molecule is O=C(CCn1ccnc1)N1CCC[C@H](O)[C@@H]1Cc1ccccc1. The van der Waals surface area contributed by atoms with Crippen molar-refractivity contribution >= 4 is 5.91 Å². The number of imidazole rings is 1. The van der Waals surface area contributed by atoms with E-state index in [1.807, 2.05) is 33.9 Å². The van der Waals surface area contributed by atoms with Gasteiger partial charge in [-0.15, -0.1) is 0 Å². The average molecular weight is 313 g/mol. The molecule has 1 saturated heterocycles. The van der Waals surface area contributed by atoms with Crippen LogP contribution >= 0.6 is 0 Å². The Balaban J connectivity index is 1.65. The van der Waals surface area contributed by atoms with Crippen LogP contribution in [-0.2, 0) is 17.8 Å². The number of aryl methyl sites for hydroxylation is 1. The van der Waals surface area contributed by atoms with Crippen LogP contribution in [-0.4, -0.2) is 44.2 Å². The molecule has 1 amide bonds. The summed E-state index contributed by atoms with van der Waals surface area (Å²) in [5, 5.41) is 10.4. The Labute approximate surface area is 136 Å². The Morgan fingerprint density at radius 1 is 1.30 bits per heavy atom. The number of aliphatic hydroxyl groups is 1. The highest BCUT2D eigenvalue weighted by Gasteiger charge is 2.32. The number of likely N-dealkylation sites (tertiary alicyclic amines) is 1. The van der Waals surface area contributed by atoms with Crippen LogP contribution in [0.15, 0.2) is 49.1 Å². The number of nitrogens with zero attached hydrogens (tertiary/aromatic N) is 3. The molecule has 1 aliphatic heterocycles. The molecule has 2 atom stereocenters. The fourth-order valence-electron chi connectivity index (χ4n) is 3.24. The van der Waals surface area contributed by atoms with Crippen LogP contribution in [0, 0.1) is 0 Å². The van der Waals surface area contributed by atoms with Crippen molar-refractivity contribution in [2.24, 2.45) is 0 Å². The summed E-state index contributed by atoms with van der Waals surface area (Å²) in [7, 11) is 0. The van der Waals surface area contributed by atoms with E-state index in [4.69, 9.17) is 0 Å². The largest absolute Gasteiger partial charge is 0.391 e. The van der Waals surface area contributed by atoms with Crippen molar-refractivity contribution < 1.29 is 9.90 Å². The molecule has 1 aliphatic rings. The molecule has 0 unspecified atom stereocenters. The Kier molecular flexibility index (Phi) is 5.08. The molecule has 5 nitrogen and oxygen atoms in total. The molecule has 23 heavy (non-hydrogen) atoms. The van der Waals surface area contributed by atoms with Crippen molar-refractivity contribution in [3.05, 3.63) is 54.6 Å². The van der Waals surface area contributed by atoms with E-state index in [-0.39, 0.29) is 11.9 Å². The van der Waals surface area contributed by atoms with E-state index in [1.165, 1.54) is 0 Å². The Hall–Kier alpha value is -2.14. The first-order chi connectivity index (χ1) is 11.2. The van der Waals surface area contributed by atoms with E-state index in [0.29, 0.717) is 19.4 Å². The van der Waals surface area contributed by atoms with E-state index in [0.717, 1.165) is 24.9 Å². The lowest BCUT2D eigenvalue weighted by Crippen LogP contribution is -2.52. The number of amides is 1. The fraction of sp³-hybridized carbons (Fsp3) is 0.444. The minimum Gasteiger partial charge on any atom is -0.391 e. The minimum atomic E-state index is -0.443. The molecular weight excluding hydrogens is 290 g/mol. The quantitative estimate of drug-likeness (QED) is 0.917. The number of carbonyl (C=O) groups excluding carboxylic acids is 1.